The van der Waals surface area contributed by atoms with Crippen molar-refractivity contribution >= 4 is 23.2 Å². The zero-order valence-electron chi connectivity index (χ0n) is 16.8. The van der Waals surface area contributed by atoms with Gasteiger partial charge in [0, 0.05) is 13.1 Å². The smallest absolute Gasteiger partial charge is 0.264 e. The molecule has 3 aromatic heterocycles. The van der Waals surface area contributed by atoms with E-state index in [4.69, 9.17) is 9.05 Å². The summed E-state index contributed by atoms with van der Waals surface area (Å²) in [5.41, 5.74) is 0. The van der Waals surface area contributed by atoms with Crippen molar-refractivity contribution in [2.75, 3.05) is 13.1 Å². The Kier molecular flexibility index (Phi) is 5.49. The van der Waals surface area contributed by atoms with Crippen LogP contribution in [-0.4, -0.2) is 55.0 Å². The third-order valence-electron chi connectivity index (χ3n) is 5.91. The van der Waals surface area contributed by atoms with E-state index in [0.717, 1.165) is 38.5 Å². The third-order valence-corrected chi connectivity index (χ3v) is 6.97. The molecule has 2 saturated heterocycles. The van der Waals surface area contributed by atoms with Crippen molar-refractivity contribution in [3.05, 3.63) is 46.3 Å². The minimum atomic E-state index is -0.203. The van der Waals surface area contributed by atoms with Crippen molar-refractivity contribution in [2.24, 2.45) is 0 Å². The maximum absolute atomic E-state index is 13.3. The summed E-state index contributed by atoms with van der Waals surface area (Å²) < 4.78 is 9.76. The highest BCUT2D eigenvalue weighted by molar-refractivity contribution is 7.15. The van der Waals surface area contributed by atoms with Gasteiger partial charge in [0.1, 0.15) is 0 Å². The van der Waals surface area contributed by atoms with Crippen LogP contribution in [0.1, 0.15) is 81.6 Å². The largest absolute Gasteiger partial charge is 0.343 e. The molecule has 0 aromatic carbocycles. The van der Waals surface area contributed by atoms with E-state index in [-0.39, 0.29) is 23.9 Å². The lowest BCUT2D eigenvalue weighted by Crippen LogP contribution is -2.39. The summed E-state index contributed by atoms with van der Waals surface area (Å²) in [5, 5.41) is 7.87. The number of likely N-dealkylation sites (tertiary alicyclic amines) is 2. The van der Waals surface area contributed by atoms with Gasteiger partial charge >= 0.3 is 0 Å². The van der Waals surface area contributed by atoms with E-state index in [9.17, 15) is 9.59 Å². The first kappa shape index (κ1) is 19.9. The average Bonchev–Trinajstić information content (AvgIpc) is 3.60. The van der Waals surface area contributed by atoms with E-state index in [1.165, 1.54) is 24.1 Å². The first-order valence-electron chi connectivity index (χ1n) is 10.5. The number of hydrogen-bond donors (Lipinski definition) is 0. The Morgan fingerprint density at radius 1 is 0.806 bits per heavy atom. The molecule has 5 rings (SSSR count). The fourth-order valence-corrected chi connectivity index (χ4v) is 5.31. The summed E-state index contributed by atoms with van der Waals surface area (Å²) >= 11 is 1.22. The summed E-state index contributed by atoms with van der Waals surface area (Å²) in [6.07, 6.45) is 8.02. The standard InChI is InChI=1S/C20H22N6O4S/c27-19(25-9-3-1-5-13(25)17-21-11-29-23-17)15-7-8-16(31-15)20(28)26-10-4-2-6-14(26)18-22-12-30-24-18/h7-8,11-14H,1-6,9-10H2. The van der Waals surface area contributed by atoms with Crippen molar-refractivity contribution in [1.29, 1.82) is 0 Å². The van der Waals surface area contributed by atoms with Crippen LogP contribution in [0.15, 0.2) is 34.0 Å². The Morgan fingerprint density at radius 2 is 1.29 bits per heavy atom. The van der Waals surface area contributed by atoms with Gasteiger partial charge < -0.3 is 18.8 Å². The molecule has 2 fully saturated rings. The van der Waals surface area contributed by atoms with Gasteiger partial charge in [0.2, 0.25) is 12.8 Å². The molecule has 5 heterocycles. The molecule has 3 aromatic rings. The highest BCUT2D eigenvalue weighted by Crippen LogP contribution is 2.34. The molecule has 2 aliphatic rings. The van der Waals surface area contributed by atoms with Crippen LogP contribution in [0.25, 0.3) is 0 Å². The molecule has 2 amide bonds. The zero-order chi connectivity index (χ0) is 21.2. The van der Waals surface area contributed by atoms with Crippen LogP contribution in [-0.2, 0) is 0 Å². The second-order valence-electron chi connectivity index (χ2n) is 7.76. The Labute approximate surface area is 182 Å². The third kappa shape index (κ3) is 3.85. The maximum atomic E-state index is 13.3. The van der Waals surface area contributed by atoms with Gasteiger partial charge in [0.25, 0.3) is 11.8 Å². The van der Waals surface area contributed by atoms with Crippen LogP contribution < -0.4 is 0 Å². The molecule has 31 heavy (non-hydrogen) atoms. The lowest BCUT2D eigenvalue weighted by atomic mass is 10.0. The molecule has 11 heteroatoms. The van der Waals surface area contributed by atoms with Gasteiger partial charge in [0.05, 0.1) is 21.8 Å². The van der Waals surface area contributed by atoms with Gasteiger partial charge in [0.15, 0.2) is 11.6 Å². The molecule has 2 aliphatic heterocycles. The van der Waals surface area contributed by atoms with E-state index < -0.39 is 0 Å². The Balaban J connectivity index is 1.35. The van der Waals surface area contributed by atoms with E-state index in [2.05, 4.69) is 20.3 Å². The lowest BCUT2D eigenvalue weighted by Gasteiger charge is -2.33. The number of rotatable bonds is 4. The first-order chi connectivity index (χ1) is 15.2. The number of nitrogens with zero attached hydrogens (tertiary/aromatic N) is 6. The molecule has 0 N–H and O–H groups in total. The van der Waals surface area contributed by atoms with Crippen LogP contribution in [0.4, 0.5) is 0 Å². The predicted octanol–water partition coefficient (Wildman–Crippen LogP) is 3.25. The van der Waals surface area contributed by atoms with E-state index in [1.807, 2.05) is 0 Å². The summed E-state index contributed by atoms with van der Waals surface area (Å²) in [6, 6.07) is 3.06. The first-order valence-corrected chi connectivity index (χ1v) is 11.3. The molecule has 0 saturated carbocycles. The van der Waals surface area contributed by atoms with Crippen molar-refractivity contribution in [3.63, 3.8) is 0 Å². The molecule has 0 radical (unpaired) electrons. The zero-order valence-corrected chi connectivity index (χ0v) is 17.7. The fourth-order valence-electron chi connectivity index (χ4n) is 4.39. The molecular weight excluding hydrogens is 420 g/mol. The summed E-state index contributed by atoms with van der Waals surface area (Å²) in [7, 11) is 0. The number of thiophene rings is 1. The summed E-state index contributed by atoms with van der Waals surface area (Å²) in [4.78, 5) is 39.5. The average molecular weight is 443 g/mol. The minimum absolute atomic E-state index is 0.105. The molecule has 0 aliphatic carbocycles. The van der Waals surface area contributed by atoms with Crippen LogP contribution in [0.2, 0.25) is 0 Å². The number of carbonyl (C=O) groups excluding carboxylic acids is 2. The molecule has 0 bridgehead atoms. The topological polar surface area (TPSA) is 118 Å². The van der Waals surface area contributed by atoms with Crippen LogP contribution in [0.5, 0.6) is 0 Å². The SMILES string of the molecule is O=C(c1ccc(C(=O)N2CCCCC2c2ncon2)s1)N1CCCCC1c1ncon1. The van der Waals surface area contributed by atoms with Crippen LogP contribution in [0.3, 0.4) is 0 Å². The number of piperidine rings is 2. The Morgan fingerprint density at radius 3 is 1.71 bits per heavy atom. The van der Waals surface area contributed by atoms with E-state index >= 15 is 0 Å². The van der Waals surface area contributed by atoms with Gasteiger partial charge in [-0.1, -0.05) is 10.3 Å². The monoisotopic (exact) mass is 442 g/mol. The molecular formula is C20H22N6O4S. The van der Waals surface area contributed by atoms with Gasteiger partial charge in [-0.25, -0.2) is 0 Å². The molecule has 2 unspecified atom stereocenters. The van der Waals surface area contributed by atoms with Crippen LogP contribution in [0, 0.1) is 0 Å². The summed E-state index contributed by atoms with van der Waals surface area (Å²) in [6.45, 7) is 1.26. The van der Waals surface area contributed by atoms with Gasteiger partial charge in [-0.05, 0) is 50.7 Å². The van der Waals surface area contributed by atoms with Crippen molar-refractivity contribution < 1.29 is 18.6 Å². The highest BCUT2D eigenvalue weighted by Gasteiger charge is 2.34. The Hall–Kier alpha value is -3.08. The van der Waals surface area contributed by atoms with Gasteiger partial charge in [-0.15, -0.1) is 11.3 Å². The molecule has 0 spiro atoms. The van der Waals surface area contributed by atoms with E-state index in [0.29, 0.717) is 34.5 Å². The minimum Gasteiger partial charge on any atom is -0.343 e. The number of amides is 2. The predicted molar refractivity (Wildman–Crippen MR) is 108 cm³/mol. The van der Waals surface area contributed by atoms with Gasteiger partial charge in [-0.3, -0.25) is 9.59 Å². The second-order valence-corrected chi connectivity index (χ2v) is 8.85. The quantitative estimate of drug-likeness (QED) is 0.604. The van der Waals surface area contributed by atoms with Crippen molar-refractivity contribution in [3.8, 4) is 0 Å². The number of carbonyl (C=O) groups is 2. The van der Waals surface area contributed by atoms with Crippen molar-refractivity contribution in [2.45, 2.75) is 50.6 Å². The normalized spacial score (nSPS) is 21.9. The Bertz CT molecular complexity index is 953. The fraction of sp³-hybridized carbons (Fsp3) is 0.500. The molecule has 2 atom stereocenters. The number of hydrogen-bond acceptors (Lipinski definition) is 9. The maximum Gasteiger partial charge on any atom is 0.264 e. The van der Waals surface area contributed by atoms with Crippen LogP contribution >= 0.6 is 11.3 Å². The lowest BCUT2D eigenvalue weighted by molar-refractivity contribution is 0.0597. The second kappa shape index (κ2) is 8.58. The van der Waals surface area contributed by atoms with Crippen molar-refractivity contribution in [1.82, 2.24) is 30.1 Å². The van der Waals surface area contributed by atoms with Gasteiger partial charge in [-0.2, -0.15) is 9.97 Å². The number of aromatic nitrogens is 4. The highest BCUT2D eigenvalue weighted by atomic mass is 32.1. The summed E-state index contributed by atoms with van der Waals surface area (Å²) in [5.74, 6) is 0.841. The molecule has 162 valence electrons. The molecule has 10 nitrogen and oxygen atoms in total. The van der Waals surface area contributed by atoms with E-state index in [1.54, 1.807) is 21.9 Å².